The Hall–Kier alpha value is -3.15. The van der Waals surface area contributed by atoms with Crippen LogP contribution < -0.4 is 15.8 Å². The van der Waals surface area contributed by atoms with Gasteiger partial charge in [0.2, 0.25) is 5.91 Å². The Balaban J connectivity index is 1.26. The third-order valence-corrected chi connectivity index (χ3v) is 5.53. The van der Waals surface area contributed by atoms with Crippen LogP contribution in [0.3, 0.4) is 0 Å². The molecule has 1 fully saturated rings. The fraction of sp³-hybridized carbons (Fsp3) is 0.348. The van der Waals surface area contributed by atoms with Crippen molar-refractivity contribution in [1.29, 1.82) is 0 Å². The van der Waals surface area contributed by atoms with Gasteiger partial charge in [-0.25, -0.2) is 4.98 Å². The number of amides is 1. The van der Waals surface area contributed by atoms with Crippen LogP contribution in [-0.4, -0.2) is 35.5 Å². The van der Waals surface area contributed by atoms with Crippen LogP contribution in [0.2, 0.25) is 0 Å². The predicted octanol–water partition coefficient (Wildman–Crippen LogP) is 2.81. The molecule has 1 saturated heterocycles. The van der Waals surface area contributed by atoms with E-state index in [9.17, 15) is 9.59 Å². The fourth-order valence-electron chi connectivity index (χ4n) is 3.80. The number of nitrogens with zero attached hydrogens (tertiary/aromatic N) is 2. The minimum atomic E-state index is -0.221. The zero-order valence-electron chi connectivity index (χ0n) is 16.6. The first-order valence-corrected chi connectivity index (χ1v) is 10.1. The summed E-state index contributed by atoms with van der Waals surface area (Å²) >= 11 is 0. The first-order chi connectivity index (χ1) is 14.1. The van der Waals surface area contributed by atoms with Gasteiger partial charge in [0.05, 0.1) is 11.0 Å². The van der Waals surface area contributed by atoms with Crippen LogP contribution in [0, 0.1) is 12.8 Å². The summed E-state index contributed by atoms with van der Waals surface area (Å²) < 4.78 is 0. The Labute approximate surface area is 170 Å². The van der Waals surface area contributed by atoms with Gasteiger partial charge in [0.1, 0.15) is 5.69 Å². The lowest BCUT2D eigenvalue weighted by molar-refractivity contribution is -0.121. The smallest absolute Gasteiger partial charge is 0.270 e. The highest BCUT2D eigenvalue weighted by Gasteiger charge is 2.23. The Bertz CT molecular complexity index is 1060. The Morgan fingerprint density at radius 1 is 1.21 bits per heavy atom. The van der Waals surface area contributed by atoms with E-state index in [1.165, 1.54) is 11.3 Å². The average molecular weight is 390 g/mol. The topological polar surface area (TPSA) is 78.1 Å². The van der Waals surface area contributed by atoms with Crippen LogP contribution in [-0.2, 0) is 11.2 Å². The summed E-state index contributed by atoms with van der Waals surface area (Å²) in [7, 11) is 0. The van der Waals surface area contributed by atoms with Crippen molar-refractivity contribution in [3.63, 3.8) is 0 Å². The van der Waals surface area contributed by atoms with Crippen molar-refractivity contribution in [2.24, 2.45) is 5.92 Å². The molecule has 1 aliphatic rings. The molecular formula is C23H26N4O2. The van der Waals surface area contributed by atoms with E-state index in [0.29, 0.717) is 30.1 Å². The first kappa shape index (κ1) is 19.2. The van der Waals surface area contributed by atoms with Crippen LogP contribution >= 0.6 is 0 Å². The third kappa shape index (κ3) is 4.65. The standard InChI is InChI=1S/C23H26N4O2/c1-16-6-8-18(9-7-16)27-13-12-17(15-27)14-24-22(28)11-10-21-23(29)26-20-5-3-2-4-19(20)25-21/h2-9,17H,10-15H2,1H3,(H,24,28)(H,26,29)/t17-/m1/s1. The summed E-state index contributed by atoms with van der Waals surface area (Å²) in [5, 5.41) is 3.03. The summed E-state index contributed by atoms with van der Waals surface area (Å²) in [4.78, 5) is 34.0. The Morgan fingerprint density at radius 2 is 2.00 bits per heavy atom. The maximum atomic E-state index is 12.3. The minimum absolute atomic E-state index is 0.0341. The molecule has 0 radical (unpaired) electrons. The SMILES string of the molecule is Cc1ccc(N2CC[C@H](CNC(=O)CCc3nc4ccccc4[nH]c3=O)C2)cc1. The number of anilines is 1. The van der Waals surface area contributed by atoms with Crippen molar-refractivity contribution in [2.75, 3.05) is 24.5 Å². The largest absolute Gasteiger partial charge is 0.371 e. The maximum absolute atomic E-state index is 12.3. The number of H-pyrrole nitrogens is 1. The van der Waals surface area contributed by atoms with Crippen molar-refractivity contribution in [2.45, 2.75) is 26.2 Å². The van der Waals surface area contributed by atoms with E-state index in [4.69, 9.17) is 0 Å². The lowest BCUT2D eigenvalue weighted by Gasteiger charge is -2.19. The van der Waals surface area contributed by atoms with Crippen LogP contribution in [0.5, 0.6) is 0 Å². The van der Waals surface area contributed by atoms with E-state index in [-0.39, 0.29) is 17.9 Å². The van der Waals surface area contributed by atoms with E-state index < -0.39 is 0 Å². The normalized spacial score (nSPS) is 16.3. The zero-order valence-corrected chi connectivity index (χ0v) is 16.6. The molecule has 1 amide bonds. The number of para-hydroxylation sites is 2. The lowest BCUT2D eigenvalue weighted by atomic mass is 10.1. The number of aromatic amines is 1. The molecule has 6 nitrogen and oxygen atoms in total. The van der Waals surface area contributed by atoms with Gasteiger partial charge in [-0.2, -0.15) is 0 Å². The van der Waals surface area contributed by atoms with Gasteiger partial charge in [0.25, 0.3) is 5.56 Å². The number of carbonyl (C=O) groups excluding carboxylic acids is 1. The number of hydrogen-bond acceptors (Lipinski definition) is 4. The maximum Gasteiger partial charge on any atom is 0.270 e. The Kier molecular flexibility index (Phi) is 5.60. The molecule has 1 atom stereocenters. The molecule has 4 rings (SSSR count). The molecule has 0 unspecified atom stereocenters. The number of nitrogens with one attached hydrogen (secondary N) is 2. The van der Waals surface area contributed by atoms with Crippen LogP contribution in [0.4, 0.5) is 5.69 Å². The number of rotatable bonds is 6. The second-order valence-corrected chi connectivity index (χ2v) is 7.77. The molecule has 2 aromatic carbocycles. The molecule has 2 heterocycles. The molecule has 0 saturated carbocycles. The molecular weight excluding hydrogens is 364 g/mol. The first-order valence-electron chi connectivity index (χ1n) is 10.1. The molecule has 0 aliphatic carbocycles. The van der Waals surface area contributed by atoms with Gasteiger partial charge >= 0.3 is 0 Å². The second-order valence-electron chi connectivity index (χ2n) is 7.77. The van der Waals surface area contributed by atoms with E-state index >= 15 is 0 Å². The number of aromatic nitrogens is 2. The third-order valence-electron chi connectivity index (χ3n) is 5.53. The number of fused-ring (bicyclic) bond motifs is 1. The fourth-order valence-corrected chi connectivity index (χ4v) is 3.80. The highest BCUT2D eigenvalue weighted by Crippen LogP contribution is 2.23. The van der Waals surface area contributed by atoms with Gasteiger partial charge in [0.15, 0.2) is 0 Å². The summed E-state index contributed by atoms with van der Waals surface area (Å²) in [5.74, 6) is 0.413. The van der Waals surface area contributed by atoms with Gasteiger partial charge in [-0.15, -0.1) is 0 Å². The summed E-state index contributed by atoms with van der Waals surface area (Å²) in [6.45, 7) is 4.73. The molecule has 3 aromatic rings. The van der Waals surface area contributed by atoms with Crippen molar-refractivity contribution in [3.8, 4) is 0 Å². The van der Waals surface area contributed by atoms with E-state index in [1.54, 1.807) is 0 Å². The predicted molar refractivity (Wildman–Crippen MR) is 115 cm³/mol. The molecule has 1 aliphatic heterocycles. The second kappa shape index (κ2) is 8.47. The van der Waals surface area contributed by atoms with Gasteiger partial charge in [-0.1, -0.05) is 29.8 Å². The number of carbonyl (C=O) groups is 1. The summed E-state index contributed by atoms with van der Waals surface area (Å²) in [6.07, 6.45) is 1.68. The summed E-state index contributed by atoms with van der Waals surface area (Å²) in [6, 6.07) is 16.0. The monoisotopic (exact) mass is 390 g/mol. The molecule has 150 valence electrons. The number of benzene rings is 2. The summed E-state index contributed by atoms with van der Waals surface area (Å²) in [5.41, 5.74) is 4.14. The van der Waals surface area contributed by atoms with Crippen molar-refractivity contribution in [1.82, 2.24) is 15.3 Å². The van der Waals surface area contributed by atoms with E-state index in [0.717, 1.165) is 25.0 Å². The van der Waals surface area contributed by atoms with Crippen LogP contribution in [0.15, 0.2) is 53.3 Å². The highest BCUT2D eigenvalue weighted by atomic mass is 16.1. The van der Waals surface area contributed by atoms with Crippen molar-refractivity contribution >= 4 is 22.6 Å². The van der Waals surface area contributed by atoms with Crippen LogP contribution in [0.1, 0.15) is 24.1 Å². The van der Waals surface area contributed by atoms with E-state index in [2.05, 4.69) is 51.4 Å². The number of hydrogen-bond donors (Lipinski definition) is 2. The molecule has 1 aromatic heterocycles. The quantitative estimate of drug-likeness (QED) is 0.678. The number of aryl methyl sites for hydroxylation is 2. The Morgan fingerprint density at radius 3 is 2.83 bits per heavy atom. The van der Waals surface area contributed by atoms with Gasteiger partial charge < -0.3 is 15.2 Å². The lowest BCUT2D eigenvalue weighted by Crippen LogP contribution is -2.31. The molecule has 0 spiro atoms. The molecule has 2 N–H and O–H groups in total. The minimum Gasteiger partial charge on any atom is -0.371 e. The van der Waals surface area contributed by atoms with Crippen LogP contribution in [0.25, 0.3) is 11.0 Å². The zero-order chi connectivity index (χ0) is 20.2. The highest BCUT2D eigenvalue weighted by molar-refractivity contribution is 5.76. The average Bonchev–Trinajstić information content (AvgIpc) is 3.20. The van der Waals surface area contributed by atoms with Gasteiger partial charge in [-0.3, -0.25) is 9.59 Å². The van der Waals surface area contributed by atoms with Crippen molar-refractivity contribution < 1.29 is 4.79 Å². The van der Waals surface area contributed by atoms with E-state index in [1.807, 2.05) is 24.3 Å². The molecule has 29 heavy (non-hydrogen) atoms. The molecule has 0 bridgehead atoms. The molecule has 6 heteroatoms. The van der Waals surface area contributed by atoms with Gasteiger partial charge in [0, 0.05) is 38.2 Å². The van der Waals surface area contributed by atoms with Crippen molar-refractivity contribution in [3.05, 3.63) is 70.1 Å². The van der Waals surface area contributed by atoms with Gasteiger partial charge in [-0.05, 0) is 43.5 Å².